The van der Waals surface area contributed by atoms with E-state index in [1.807, 2.05) is 0 Å². The van der Waals surface area contributed by atoms with Crippen molar-refractivity contribution in [2.75, 3.05) is 39.3 Å². The zero-order valence-corrected chi connectivity index (χ0v) is 10.0. The molecule has 1 aliphatic heterocycles. The van der Waals surface area contributed by atoms with Crippen LogP contribution in [0.1, 0.15) is 12.8 Å². The summed E-state index contributed by atoms with van der Waals surface area (Å²) < 4.78 is 0. The smallest absolute Gasteiger partial charge is 0.311 e. The number of amides is 2. The summed E-state index contributed by atoms with van der Waals surface area (Å²) in [4.78, 5) is 27.2. The Balaban J connectivity index is 1.75. The van der Waals surface area contributed by atoms with Gasteiger partial charge >= 0.3 is 11.8 Å². The number of hydrogen-bond acceptors (Lipinski definition) is 4. The minimum absolute atomic E-state index is 0.354. The fourth-order valence-corrected chi connectivity index (χ4v) is 2.13. The van der Waals surface area contributed by atoms with Crippen LogP contribution in [0.25, 0.3) is 0 Å². The topological polar surface area (TPSA) is 78.7 Å². The van der Waals surface area contributed by atoms with Gasteiger partial charge in [-0.25, -0.2) is 0 Å². The van der Waals surface area contributed by atoms with Crippen LogP contribution in [0.3, 0.4) is 0 Å². The Morgan fingerprint density at radius 1 is 1.18 bits per heavy atom. The predicted molar refractivity (Wildman–Crippen MR) is 63.2 cm³/mol. The quantitative estimate of drug-likeness (QED) is 0.580. The van der Waals surface area contributed by atoms with Gasteiger partial charge in [-0.05, 0) is 12.8 Å². The number of carbonyl (C=O) groups excluding carboxylic acids is 2. The molecule has 0 aromatic carbocycles. The van der Waals surface area contributed by atoms with Gasteiger partial charge in [-0.1, -0.05) is 0 Å². The molecule has 0 aromatic rings. The number of nitrogens with zero attached hydrogens (tertiary/aromatic N) is 2. The second-order valence-corrected chi connectivity index (χ2v) is 4.60. The van der Waals surface area contributed by atoms with Crippen LogP contribution in [-0.4, -0.2) is 66.9 Å². The van der Waals surface area contributed by atoms with Gasteiger partial charge < -0.3 is 16.0 Å². The molecule has 96 valence electrons. The SMILES string of the molecule is NCCNC(=O)C(=O)N1CCN(C2CC2)CC1. The maximum atomic E-state index is 11.8. The van der Waals surface area contributed by atoms with Crippen LogP contribution in [0, 0.1) is 0 Å². The Morgan fingerprint density at radius 3 is 2.35 bits per heavy atom. The summed E-state index contributed by atoms with van der Waals surface area (Å²) in [6.45, 7) is 3.80. The zero-order chi connectivity index (χ0) is 12.3. The summed E-state index contributed by atoms with van der Waals surface area (Å²) in [7, 11) is 0. The monoisotopic (exact) mass is 240 g/mol. The standard InChI is InChI=1S/C11H20N4O2/c12-3-4-13-10(16)11(17)15-7-5-14(6-8-15)9-1-2-9/h9H,1-8,12H2,(H,13,16). The van der Waals surface area contributed by atoms with Crippen molar-refractivity contribution in [3.63, 3.8) is 0 Å². The van der Waals surface area contributed by atoms with E-state index in [-0.39, 0.29) is 0 Å². The molecular formula is C11H20N4O2. The molecule has 6 heteroatoms. The molecule has 2 aliphatic rings. The third-order valence-corrected chi connectivity index (χ3v) is 3.29. The second-order valence-electron chi connectivity index (χ2n) is 4.60. The Kier molecular flexibility index (Phi) is 3.96. The predicted octanol–water partition coefficient (Wildman–Crippen LogP) is -1.63. The van der Waals surface area contributed by atoms with E-state index in [1.54, 1.807) is 4.90 Å². The lowest BCUT2D eigenvalue weighted by Gasteiger charge is -2.34. The summed E-state index contributed by atoms with van der Waals surface area (Å²) in [6, 6.07) is 0.735. The van der Waals surface area contributed by atoms with Gasteiger partial charge in [-0.15, -0.1) is 0 Å². The molecule has 0 atom stereocenters. The molecule has 6 nitrogen and oxygen atoms in total. The van der Waals surface area contributed by atoms with Gasteiger partial charge in [0.05, 0.1) is 0 Å². The van der Waals surface area contributed by atoms with Crippen LogP contribution >= 0.6 is 0 Å². The largest absolute Gasteiger partial charge is 0.347 e. The van der Waals surface area contributed by atoms with E-state index in [4.69, 9.17) is 5.73 Å². The van der Waals surface area contributed by atoms with Crippen molar-refractivity contribution < 1.29 is 9.59 Å². The lowest BCUT2D eigenvalue weighted by Crippen LogP contribution is -2.53. The van der Waals surface area contributed by atoms with Gasteiger partial charge in [-0.3, -0.25) is 14.5 Å². The number of rotatable bonds is 3. The number of carbonyl (C=O) groups is 2. The Labute approximate surface area is 101 Å². The molecule has 0 bridgehead atoms. The molecule has 0 spiro atoms. The van der Waals surface area contributed by atoms with Crippen molar-refractivity contribution in [2.45, 2.75) is 18.9 Å². The highest BCUT2D eigenvalue weighted by molar-refractivity contribution is 6.35. The molecule has 2 fully saturated rings. The van der Waals surface area contributed by atoms with Gasteiger partial charge in [0, 0.05) is 45.3 Å². The molecule has 3 N–H and O–H groups in total. The fraction of sp³-hybridized carbons (Fsp3) is 0.818. The summed E-state index contributed by atoms with van der Waals surface area (Å²) in [5.41, 5.74) is 5.27. The van der Waals surface area contributed by atoms with Crippen molar-refractivity contribution in [2.24, 2.45) is 5.73 Å². The highest BCUT2D eigenvalue weighted by atomic mass is 16.2. The van der Waals surface area contributed by atoms with Crippen LogP contribution in [-0.2, 0) is 9.59 Å². The van der Waals surface area contributed by atoms with Gasteiger partial charge in [0.15, 0.2) is 0 Å². The minimum atomic E-state index is -0.532. The Morgan fingerprint density at radius 2 is 1.82 bits per heavy atom. The average molecular weight is 240 g/mol. The van der Waals surface area contributed by atoms with Crippen LogP contribution in [0.15, 0.2) is 0 Å². The molecule has 2 rings (SSSR count). The van der Waals surface area contributed by atoms with Crippen molar-refractivity contribution in [3.05, 3.63) is 0 Å². The number of hydrogen-bond donors (Lipinski definition) is 2. The van der Waals surface area contributed by atoms with E-state index in [1.165, 1.54) is 12.8 Å². The lowest BCUT2D eigenvalue weighted by molar-refractivity contribution is -0.147. The normalized spacial score (nSPS) is 21.4. The molecule has 1 saturated carbocycles. The van der Waals surface area contributed by atoms with Crippen LogP contribution in [0.2, 0.25) is 0 Å². The van der Waals surface area contributed by atoms with E-state index in [0.29, 0.717) is 26.2 Å². The van der Waals surface area contributed by atoms with Gasteiger partial charge in [-0.2, -0.15) is 0 Å². The number of piperazine rings is 1. The number of nitrogens with two attached hydrogens (primary N) is 1. The van der Waals surface area contributed by atoms with Gasteiger partial charge in [0.2, 0.25) is 0 Å². The first kappa shape index (κ1) is 12.3. The van der Waals surface area contributed by atoms with E-state index in [9.17, 15) is 9.59 Å². The highest BCUT2D eigenvalue weighted by Crippen LogP contribution is 2.27. The van der Waals surface area contributed by atoms with Crippen molar-refractivity contribution in [1.29, 1.82) is 0 Å². The average Bonchev–Trinajstić information content (AvgIpc) is 3.19. The summed E-state index contributed by atoms with van der Waals surface area (Å²) >= 11 is 0. The number of nitrogens with one attached hydrogen (secondary N) is 1. The maximum absolute atomic E-state index is 11.8. The van der Waals surface area contributed by atoms with Crippen LogP contribution in [0.4, 0.5) is 0 Å². The first-order chi connectivity index (χ1) is 8.22. The highest BCUT2D eigenvalue weighted by Gasteiger charge is 2.33. The first-order valence-corrected chi connectivity index (χ1v) is 6.23. The second kappa shape index (κ2) is 5.46. The summed E-state index contributed by atoms with van der Waals surface area (Å²) in [5.74, 6) is -0.954. The van der Waals surface area contributed by atoms with E-state index >= 15 is 0 Å². The molecule has 1 saturated heterocycles. The maximum Gasteiger partial charge on any atom is 0.311 e. The third kappa shape index (κ3) is 3.17. The van der Waals surface area contributed by atoms with Crippen molar-refractivity contribution >= 4 is 11.8 Å². The first-order valence-electron chi connectivity index (χ1n) is 6.23. The molecule has 0 unspecified atom stereocenters. The van der Waals surface area contributed by atoms with E-state index in [2.05, 4.69) is 10.2 Å². The molecule has 1 heterocycles. The van der Waals surface area contributed by atoms with Crippen molar-refractivity contribution in [1.82, 2.24) is 15.1 Å². The van der Waals surface area contributed by atoms with Crippen LogP contribution in [0.5, 0.6) is 0 Å². The molecule has 0 radical (unpaired) electrons. The third-order valence-electron chi connectivity index (χ3n) is 3.29. The summed E-state index contributed by atoms with van der Waals surface area (Å²) in [6.07, 6.45) is 2.57. The molecule has 0 aromatic heterocycles. The zero-order valence-electron chi connectivity index (χ0n) is 10.0. The van der Waals surface area contributed by atoms with Crippen molar-refractivity contribution in [3.8, 4) is 0 Å². The molecule has 2 amide bonds. The van der Waals surface area contributed by atoms with Gasteiger partial charge in [0.25, 0.3) is 0 Å². The minimum Gasteiger partial charge on any atom is -0.347 e. The Bertz CT molecular complexity index is 296. The lowest BCUT2D eigenvalue weighted by atomic mass is 10.3. The molecular weight excluding hydrogens is 220 g/mol. The molecule has 17 heavy (non-hydrogen) atoms. The van der Waals surface area contributed by atoms with Gasteiger partial charge in [0.1, 0.15) is 0 Å². The fourth-order valence-electron chi connectivity index (χ4n) is 2.13. The van der Waals surface area contributed by atoms with Crippen LogP contribution < -0.4 is 11.1 Å². The van der Waals surface area contributed by atoms with E-state index < -0.39 is 11.8 Å². The molecule has 1 aliphatic carbocycles. The summed E-state index contributed by atoms with van der Waals surface area (Å²) in [5, 5.41) is 2.51. The Hall–Kier alpha value is -1.14. The van der Waals surface area contributed by atoms with E-state index in [0.717, 1.165) is 19.1 Å².